The van der Waals surface area contributed by atoms with Crippen LogP contribution in [0.25, 0.3) is 0 Å². The number of halogens is 1. The molecule has 0 aliphatic heterocycles. The van der Waals surface area contributed by atoms with Crippen LogP contribution in [0.15, 0.2) is 18.2 Å². The summed E-state index contributed by atoms with van der Waals surface area (Å²) < 4.78 is 6.18. The van der Waals surface area contributed by atoms with Gasteiger partial charge in [0.15, 0.2) is 0 Å². The predicted molar refractivity (Wildman–Crippen MR) is 102 cm³/mol. The largest absolute Gasteiger partial charge is 0.438 e. The van der Waals surface area contributed by atoms with E-state index in [1.54, 1.807) is 0 Å². The van der Waals surface area contributed by atoms with E-state index < -0.39 is 0 Å². The maximum absolute atomic E-state index is 6.18. The zero-order chi connectivity index (χ0) is 17.7. The first-order chi connectivity index (χ1) is 11.4. The van der Waals surface area contributed by atoms with E-state index >= 15 is 0 Å². The van der Waals surface area contributed by atoms with Gasteiger partial charge in [-0.05, 0) is 88.5 Å². The van der Waals surface area contributed by atoms with E-state index in [4.69, 9.17) is 16.3 Å². The quantitative estimate of drug-likeness (QED) is 0.690. The van der Waals surface area contributed by atoms with Gasteiger partial charge in [0.1, 0.15) is 5.75 Å². The summed E-state index contributed by atoms with van der Waals surface area (Å²) in [7, 11) is 0. The van der Waals surface area contributed by atoms with Gasteiger partial charge >= 0.3 is 0 Å². The van der Waals surface area contributed by atoms with Gasteiger partial charge in [-0.25, -0.2) is 4.98 Å². The van der Waals surface area contributed by atoms with Crippen LogP contribution in [0.3, 0.4) is 0 Å². The lowest BCUT2D eigenvalue weighted by atomic mass is 10.1. The number of aromatic nitrogens is 1. The van der Waals surface area contributed by atoms with E-state index in [0.717, 1.165) is 59.1 Å². The molecule has 0 unspecified atom stereocenters. The van der Waals surface area contributed by atoms with E-state index in [-0.39, 0.29) is 0 Å². The van der Waals surface area contributed by atoms with Crippen molar-refractivity contribution in [2.45, 2.75) is 47.5 Å². The number of benzene rings is 1. The first-order valence-electron chi connectivity index (χ1n) is 8.54. The summed E-state index contributed by atoms with van der Waals surface area (Å²) in [5, 5.41) is 4.18. The van der Waals surface area contributed by atoms with Crippen LogP contribution in [-0.4, -0.2) is 18.1 Å². The third-order valence-electron chi connectivity index (χ3n) is 4.09. The highest BCUT2D eigenvalue weighted by Crippen LogP contribution is 2.33. The molecule has 0 atom stereocenters. The van der Waals surface area contributed by atoms with Crippen LogP contribution in [-0.2, 0) is 6.42 Å². The molecule has 3 nitrogen and oxygen atoms in total. The maximum Gasteiger partial charge on any atom is 0.222 e. The minimum Gasteiger partial charge on any atom is -0.438 e. The standard InChI is InChI=1S/C20H27ClN2O/c1-6-8-22-9-7-17-12-15(4)23-20(16(17)5)24-19-13(2)10-18(21)11-14(19)3/h10-12,22H,6-9H2,1-5H3. The van der Waals surface area contributed by atoms with Crippen molar-refractivity contribution in [3.8, 4) is 11.6 Å². The van der Waals surface area contributed by atoms with Crippen molar-refractivity contribution in [2.75, 3.05) is 13.1 Å². The van der Waals surface area contributed by atoms with Gasteiger partial charge in [0.2, 0.25) is 5.88 Å². The van der Waals surface area contributed by atoms with Gasteiger partial charge in [0.05, 0.1) is 0 Å². The number of hydrogen-bond acceptors (Lipinski definition) is 3. The van der Waals surface area contributed by atoms with Crippen LogP contribution < -0.4 is 10.1 Å². The molecule has 0 radical (unpaired) electrons. The number of ether oxygens (including phenoxy) is 1. The molecule has 4 heteroatoms. The van der Waals surface area contributed by atoms with Gasteiger partial charge in [-0.2, -0.15) is 0 Å². The van der Waals surface area contributed by atoms with Crippen LogP contribution in [0.5, 0.6) is 11.6 Å². The third kappa shape index (κ3) is 4.71. The first kappa shape index (κ1) is 18.8. The molecule has 0 aliphatic rings. The summed E-state index contributed by atoms with van der Waals surface area (Å²) in [6.07, 6.45) is 2.13. The SMILES string of the molecule is CCCNCCc1cc(C)nc(Oc2c(C)cc(Cl)cc2C)c1C. The molecule has 0 fully saturated rings. The Bertz CT molecular complexity index is 690. The second-order valence-corrected chi connectivity index (χ2v) is 6.76. The number of rotatable bonds is 7. The second kappa shape index (κ2) is 8.50. The van der Waals surface area contributed by atoms with E-state index in [9.17, 15) is 0 Å². The molecule has 0 aliphatic carbocycles. The van der Waals surface area contributed by atoms with Gasteiger partial charge in [-0.15, -0.1) is 0 Å². The van der Waals surface area contributed by atoms with Crippen molar-refractivity contribution in [1.29, 1.82) is 0 Å². The Hall–Kier alpha value is -1.58. The van der Waals surface area contributed by atoms with Crippen LogP contribution in [0.4, 0.5) is 0 Å². The summed E-state index contributed by atoms with van der Waals surface area (Å²) in [6.45, 7) is 12.3. The lowest BCUT2D eigenvalue weighted by Gasteiger charge is -2.16. The van der Waals surface area contributed by atoms with Crippen molar-refractivity contribution in [1.82, 2.24) is 10.3 Å². The monoisotopic (exact) mass is 346 g/mol. The van der Waals surface area contributed by atoms with Gasteiger partial charge in [-0.3, -0.25) is 0 Å². The van der Waals surface area contributed by atoms with E-state index in [2.05, 4.69) is 30.2 Å². The summed E-state index contributed by atoms with van der Waals surface area (Å²) in [6, 6.07) is 5.99. The topological polar surface area (TPSA) is 34.2 Å². The van der Waals surface area contributed by atoms with Gasteiger partial charge in [0.25, 0.3) is 0 Å². The van der Waals surface area contributed by atoms with Gasteiger partial charge in [0, 0.05) is 16.3 Å². The summed E-state index contributed by atoms with van der Waals surface area (Å²) >= 11 is 6.11. The molecule has 2 rings (SSSR count). The highest BCUT2D eigenvalue weighted by atomic mass is 35.5. The average Bonchev–Trinajstić information content (AvgIpc) is 2.51. The number of hydrogen-bond donors (Lipinski definition) is 1. The lowest BCUT2D eigenvalue weighted by Crippen LogP contribution is -2.18. The zero-order valence-electron chi connectivity index (χ0n) is 15.3. The molecule has 0 saturated carbocycles. The van der Waals surface area contributed by atoms with Crippen LogP contribution >= 0.6 is 11.6 Å². The Labute approximate surface area is 150 Å². The van der Waals surface area contributed by atoms with Crippen molar-refractivity contribution in [3.63, 3.8) is 0 Å². The molecule has 2 aromatic rings. The van der Waals surface area contributed by atoms with Crippen molar-refractivity contribution in [3.05, 3.63) is 51.2 Å². The number of aryl methyl sites for hydroxylation is 3. The highest BCUT2D eigenvalue weighted by Gasteiger charge is 2.13. The Morgan fingerprint density at radius 3 is 2.33 bits per heavy atom. The molecule has 0 saturated heterocycles. The van der Waals surface area contributed by atoms with E-state index in [0.29, 0.717) is 5.88 Å². The second-order valence-electron chi connectivity index (χ2n) is 6.32. The van der Waals surface area contributed by atoms with Crippen LogP contribution in [0, 0.1) is 27.7 Å². The van der Waals surface area contributed by atoms with E-state index in [1.165, 1.54) is 5.56 Å². The van der Waals surface area contributed by atoms with Crippen LogP contribution in [0.1, 0.15) is 41.3 Å². The fourth-order valence-electron chi connectivity index (χ4n) is 2.81. The zero-order valence-corrected chi connectivity index (χ0v) is 16.0. The number of nitrogens with one attached hydrogen (secondary N) is 1. The maximum atomic E-state index is 6.18. The molecule has 0 spiro atoms. The predicted octanol–water partition coefficient (Wildman–Crippen LogP) is 5.30. The third-order valence-corrected chi connectivity index (χ3v) is 4.30. The summed E-state index contributed by atoms with van der Waals surface area (Å²) in [5.74, 6) is 1.53. The highest BCUT2D eigenvalue weighted by molar-refractivity contribution is 6.30. The van der Waals surface area contributed by atoms with E-state index in [1.807, 2.05) is 32.9 Å². The average molecular weight is 347 g/mol. The molecule has 0 amide bonds. The minimum absolute atomic E-state index is 0.689. The molecule has 1 aromatic heterocycles. The smallest absolute Gasteiger partial charge is 0.222 e. The Morgan fingerprint density at radius 1 is 1.04 bits per heavy atom. The fraction of sp³-hybridized carbons (Fsp3) is 0.450. The van der Waals surface area contributed by atoms with Crippen molar-refractivity contribution in [2.24, 2.45) is 0 Å². The summed E-state index contributed by atoms with van der Waals surface area (Å²) in [4.78, 5) is 4.60. The van der Waals surface area contributed by atoms with Gasteiger partial charge < -0.3 is 10.1 Å². The molecule has 1 N–H and O–H groups in total. The fourth-order valence-corrected chi connectivity index (χ4v) is 3.14. The number of nitrogens with zero attached hydrogens (tertiary/aromatic N) is 1. The minimum atomic E-state index is 0.689. The molecule has 1 heterocycles. The van der Waals surface area contributed by atoms with Crippen LogP contribution in [0.2, 0.25) is 5.02 Å². The molecular formula is C20H27ClN2O. The Morgan fingerprint density at radius 2 is 1.71 bits per heavy atom. The summed E-state index contributed by atoms with van der Waals surface area (Å²) in [5.41, 5.74) is 5.41. The molecular weight excluding hydrogens is 320 g/mol. The molecule has 24 heavy (non-hydrogen) atoms. The first-order valence-corrected chi connectivity index (χ1v) is 8.92. The normalized spacial score (nSPS) is 10.9. The Kier molecular flexibility index (Phi) is 6.64. The van der Waals surface area contributed by atoms with Crippen molar-refractivity contribution < 1.29 is 4.74 Å². The van der Waals surface area contributed by atoms with Crippen molar-refractivity contribution >= 4 is 11.6 Å². The van der Waals surface area contributed by atoms with Gasteiger partial charge in [-0.1, -0.05) is 18.5 Å². The number of pyridine rings is 1. The molecule has 1 aromatic carbocycles. The molecule has 130 valence electrons. The Balaban J connectivity index is 2.26. The lowest BCUT2D eigenvalue weighted by molar-refractivity contribution is 0.449. The molecule has 0 bridgehead atoms.